The average Bonchev–Trinajstić information content (AvgIpc) is 3.24. The molecule has 0 unspecified atom stereocenters. The number of imidazole rings is 1. The summed E-state index contributed by atoms with van der Waals surface area (Å²) >= 11 is 1.38. The molecule has 0 saturated carbocycles. The Morgan fingerprint density at radius 2 is 1.81 bits per heavy atom. The van der Waals surface area contributed by atoms with Crippen molar-refractivity contribution in [3.8, 4) is 11.5 Å². The lowest BCUT2D eigenvalue weighted by Gasteiger charge is -2.13. The van der Waals surface area contributed by atoms with E-state index in [1.165, 1.54) is 11.8 Å². The van der Waals surface area contributed by atoms with Gasteiger partial charge in [-0.05, 0) is 35.4 Å². The lowest BCUT2D eigenvalue weighted by atomic mass is 10.2. The van der Waals surface area contributed by atoms with E-state index >= 15 is 0 Å². The van der Waals surface area contributed by atoms with Crippen molar-refractivity contribution in [2.45, 2.75) is 18.3 Å². The first-order valence-corrected chi connectivity index (χ1v) is 10.9. The van der Waals surface area contributed by atoms with Crippen molar-refractivity contribution in [2.24, 2.45) is 0 Å². The van der Waals surface area contributed by atoms with E-state index in [4.69, 9.17) is 9.47 Å². The molecule has 0 saturated heterocycles. The predicted molar refractivity (Wildman–Crippen MR) is 122 cm³/mol. The van der Waals surface area contributed by atoms with Gasteiger partial charge in [-0.25, -0.2) is 4.98 Å². The molecule has 0 bridgehead atoms. The van der Waals surface area contributed by atoms with Crippen LogP contribution in [0.3, 0.4) is 0 Å². The standard InChI is InChI=1S/C24H23N3O3S/c1-29-22-13-18(11-12-21(22)30-15-17-7-3-2-4-8-17)14-25-23(28)16-31-24-26-19-9-5-6-10-20(19)27-24/h2-13H,14-16H2,1H3,(H,25,28)(H,26,27). The summed E-state index contributed by atoms with van der Waals surface area (Å²) in [4.78, 5) is 19.9. The lowest BCUT2D eigenvalue weighted by molar-refractivity contribution is -0.118. The Balaban J connectivity index is 1.28. The SMILES string of the molecule is COc1cc(CNC(=O)CSc2nc3ccccc3[nH]2)ccc1OCc1ccccc1. The summed E-state index contributed by atoms with van der Waals surface area (Å²) in [6.07, 6.45) is 0. The van der Waals surface area contributed by atoms with E-state index in [0.717, 1.165) is 27.3 Å². The van der Waals surface area contributed by atoms with Gasteiger partial charge in [0.25, 0.3) is 0 Å². The third-order valence-corrected chi connectivity index (χ3v) is 5.54. The number of thioether (sulfide) groups is 1. The van der Waals surface area contributed by atoms with Crippen molar-refractivity contribution in [3.05, 3.63) is 83.9 Å². The molecule has 6 nitrogen and oxygen atoms in total. The minimum absolute atomic E-state index is 0.0613. The van der Waals surface area contributed by atoms with Crippen LogP contribution in [-0.2, 0) is 17.9 Å². The summed E-state index contributed by atoms with van der Waals surface area (Å²) in [5.74, 6) is 1.53. The van der Waals surface area contributed by atoms with Crippen molar-refractivity contribution < 1.29 is 14.3 Å². The van der Waals surface area contributed by atoms with Gasteiger partial charge in [-0.2, -0.15) is 0 Å². The second-order valence-electron chi connectivity index (χ2n) is 6.88. The predicted octanol–water partition coefficient (Wildman–Crippen LogP) is 4.56. The van der Waals surface area contributed by atoms with Crippen molar-refractivity contribution >= 4 is 28.7 Å². The van der Waals surface area contributed by atoms with Crippen molar-refractivity contribution in [2.75, 3.05) is 12.9 Å². The number of fused-ring (bicyclic) bond motifs is 1. The monoisotopic (exact) mass is 433 g/mol. The molecule has 3 aromatic carbocycles. The number of benzene rings is 3. The highest BCUT2D eigenvalue weighted by atomic mass is 32.2. The summed E-state index contributed by atoms with van der Waals surface area (Å²) in [6.45, 7) is 0.876. The zero-order valence-corrected chi connectivity index (χ0v) is 17.9. The Bertz CT molecular complexity index is 1130. The largest absolute Gasteiger partial charge is 0.493 e. The maximum Gasteiger partial charge on any atom is 0.230 e. The van der Waals surface area contributed by atoms with Crippen molar-refractivity contribution in [1.29, 1.82) is 0 Å². The maximum absolute atomic E-state index is 12.3. The number of hydrogen-bond acceptors (Lipinski definition) is 5. The molecule has 4 rings (SSSR count). The molecule has 1 heterocycles. The normalized spacial score (nSPS) is 10.7. The van der Waals surface area contributed by atoms with Crippen LogP contribution < -0.4 is 14.8 Å². The number of aromatic amines is 1. The molecule has 0 fully saturated rings. The van der Waals surface area contributed by atoms with E-state index in [9.17, 15) is 4.79 Å². The third-order valence-electron chi connectivity index (χ3n) is 4.66. The number of nitrogens with zero attached hydrogens (tertiary/aromatic N) is 1. The Hall–Kier alpha value is -3.45. The molecular formula is C24H23N3O3S. The molecule has 0 aliphatic carbocycles. The van der Waals surface area contributed by atoms with Gasteiger partial charge in [-0.3, -0.25) is 4.79 Å². The Labute approximate surface area is 185 Å². The van der Waals surface area contributed by atoms with Gasteiger partial charge in [0.15, 0.2) is 16.7 Å². The van der Waals surface area contributed by atoms with E-state index in [2.05, 4.69) is 15.3 Å². The quantitative estimate of drug-likeness (QED) is 0.379. The number of rotatable bonds is 9. The van der Waals surface area contributed by atoms with Crippen LogP contribution in [0.4, 0.5) is 0 Å². The summed E-state index contributed by atoms with van der Waals surface area (Å²) in [7, 11) is 1.61. The van der Waals surface area contributed by atoms with Crippen LogP contribution in [0.2, 0.25) is 0 Å². The maximum atomic E-state index is 12.3. The fourth-order valence-electron chi connectivity index (χ4n) is 3.06. The molecule has 2 N–H and O–H groups in total. The van der Waals surface area contributed by atoms with Gasteiger partial charge in [-0.1, -0.05) is 60.3 Å². The van der Waals surface area contributed by atoms with Gasteiger partial charge in [0.1, 0.15) is 6.61 Å². The van der Waals surface area contributed by atoms with E-state index < -0.39 is 0 Å². The minimum atomic E-state index is -0.0613. The molecule has 158 valence electrons. The smallest absolute Gasteiger partial charge is 0.230 e. The Kier molecular flexibility index (Phi) is 6.74. The molecule has 0 aliphatic rings. The first-order valence-electron chi connectivity index (χ1n) is 9.89. The molecular weight excluding hydrogens is 410 g/mol. The number of nitrogens with one attached hydrogen (secondary N) is 2. The summed E-state index contributed by atoms with van der Waals surface area (Å²) in [6, 6.07) is 23.4. The van der Waals surface area contributed by atoms with E-state index in [1.807, 2.05) is 72.8 Å². The Morgan fingerprint density at radius 1 is 1.00 bits per heavy atom. The van der Waals surface area contributed by atoms with Crippen LogP contribution in [-0.4, -0.2) is 28.7 Å². The fourth-order valence-corrected chi connectivity index (χ4v) is 3.77. The van der Waals surface area contributed by atoms with Crippen LogP contribution in [0.5, 0.6) is 11.5 Å². The minimum Gasteiger partial charge on any atom is -0.493 e. The number of ether oxygens (including phenoxy) is 2. The van der Waals surface area contributed by atoms with Crippen molar-refractivity contribution in [1.82, 2.24) is 15.3 Å². The second kappa shape index (κ2) is 10.0. The number of aromatic nitrogens is 2. The first kappa shape index (κ1) is 20.8. The molecule has 0 aliphatic heterocycles. The third kappa shape index (κ3) is 5.58. The van der Waals surface area contributed by atoms with E-state index in [1.54, 1.807) is 7.11 Å². The number of hydrogen-bond donors (Lipinski definition) is 2. The molecule has 7 heteroatoms. The summed E-state index contributed by atoms with van der Waals surface area (Å²) < 4.78 is 11.3. The van der Waals surface area contributed by atoms with Gasteiger partial charge in [-0.15, -0.1) is 0 Å². The van der Waals surface area contributed by atoms with Crippen molar-refractivity contribution in [3.63, 3.8) is 0 Å². The van der Waals surface area contributed by atoms with Gasteiger partial charge < -0.3 is 19.8 Å². The van der Waals surface area contributed by atoms with Gasteiger partial charge in [0, 0.05) is 6.54 Å². The number of amides is 1. The number of H-pyrrole nitrogens is 1. The zero-order valence-electron chi connectivity index (χ0n) is 17.1. The van der Waals surface area contributed by atoms with Crippen LogP contribution in [0.1, 0.15) is 11.1 Å². The van der Waals surface area contributed by atoms with Gasteiger partial charge >= 0.3 is 0 Å². The van der Waals surface area contributed by atoms with Crippen LogP contribution in [0, 0.1) is 0 Å². The summed E-state index contributed by atoms with van der Waals surface area (Å²) in [5.41, 5.74) is 3.88. The molecule has 0 spiro atoms. The van der Waals surface area contributed by atoms with E-state index in [0.29, 0.717) is 24.7 Å². The van der Waals surface area contributed by atoms with Crippen LogP contribution in [0.15, 0.2) is 78.0 Å². The van der Waals surface area contributed by atoms with Crippen LogP contribution in [0.25, 0.3) is 11.0 Å². The summed E-state index contributed by atoms with van der Waals surface area (Å²) in [5, 5.41) is 3.67. The first-order chi connectivity index (χ1) is 15.2. The zero-order chi connectivity index (χ0) is 21.5. The van der Waals surface area contributed by atoms with Crippen LogP contribution >= 0.6 is 11.8 Å². The average molecular weight is 434 g/mol. The molecule has 31 heavy (non-hydrogen) atoms. The van der Waals surface area contributed by atoms with Gasteiger partial charge in [0.05, 0.1) is 23.9 Å². The van der Waals surface area contributed by atoms with E-state index in [-0.39, 0.29) is 11.7 Å². The molecule has 0 atom stereocenters. The second-order valence-corrected chi connectivity index (χ2v) is 7.85. The Morgan fingerprint density at radius 3 is 2.61 bits per heavy atom. The topological polar surface area (TPSA) is 76.2 Å². The number of methoxy groups -OCH3 is 1. The molecule has 0 radical (unpaired) electrons. The number of carbonyl (C=O) groups is 1. The molecule has 4 aromatic rings. The van der Waals surface area contributed by atoms with Gasteiger partial charge in [0.2, 0.25) is 5.91 Å². The number of para-hydroxylation sites is 2. The fraction of sp³-hybridized carbons (Fsp3) is 0.167. The number of carbonyl (C=O) groups excluding carboxylic acids is 1. The molecule has 1 aromatic heterocycles. The highest BCUT2D eigenvalue weighted by Gasteiger charge is 2.09. The lowest BCUT2D eigenvalue weighted by Crippen LogP contribution is -2.24. The highest BCUT2D eigenvalue weighted by molar-refractivity contribution is 7.99. The highest BCUT2D eigenvalue weighted by Crippen LogP contribution is 2.29. The molecule has 1 amide bonds.